The van der Waals surface area contributed by atoms with E-state index in [2.05, 4.69) is 24.4 Å². The molecule has 0 aromatic heterocycles. The second kappa shape index (κ2) is 34.4. The third kappa shape index (κ3) is 37.1. The molecule has 0 radical (unpaired) electrons. The van der Waals surface area contributed by atoms with Crippen LogP contribution in [0.15, 0.2) is 48.6 Å². The molecule has 0 saturated heterocycles. The van der Waals surface area contributed by atoms with Crippen molar-refractivity contribution >= 4 is 19.8 Å². The van der Waals surface area contributed by atoms with Crippen molar-refractivity contribution in [3.63, 3.8) is 0 Å². The number of phosphoric acid groups is 1. The first-order valence-electron chi connectivity index (χ1n) is 19.0. The van der Waals surface area contributed by atoms with Gasteiger partial charge in [-0.2, -0.15) is 0 Å². The van der Waals surface area contributed by atoms with Gasteiger partial charge in [-0.1, -0.05) is 152 Å². The summed E-state index contributed by atoms with van der Waals surface area (Å²) in [6.07, 6.45) is 37.2. The molecule has 0 bridgehead atoms. The van der Waals surface area contributed by atoms with Gasteiger partial charge in [-0.25, -0.2) is 4.57 Å². The number of aliphatic hydroxyl groups is 1. The maximum atomic E-state index is 12.3. The fourth-order valence-corrected chi connectivity index (χ4v) is 5.39. The third-order valence-electron chi connectivity index (χ3n) is 7.93. The number of hydrogen-bond donors (Lipinski definition) is 3. The van der Waals surface area contributed by atoms with Gasteiger partial charge in [0.25, 0.3) is 0 Å². The predicted molar refractivity (Wildman–Crippen MR) is 199 cm³/mol. The van der Waals surface area contributed by atoms with Crippen LogP contribution in [0.4, 0.5) is 0 Å². The lowest BCUT2D eigenvalue weighted by atomic mass is 10.0. The largest absolute Gasteiger partial charge is 0.469 e. The molecule has 0 saturated carbocycles. The molecule has 0 aliphatic rings. The molecule has 49 heavy (non-hydrogen) atoms. The molecule has 3 N–H and O–H groups in total. The first-order chi connectivity index (χ1) is 23.7. The highest BCUT2D eigenvalue weighted by Crippen LogP contribution is 2.36. The van der Waals surface area contributed by atoms with Crippen molar-refractivity contribution in [1.82, 2.24) is 0 Å². The van der Waals surface area contributed by atoms with Crippen molar-refractivity contribution in [3.8, 4) is 0 Å². The van der Waals surface area contributed by atoms with Gasteiger partial charge in [0.05, 0.1) is 12.7 Å². The lowest BCUT2D eigenvalue weighted by Gasteiger charge is -2.18. The maximum Gasteiger partial charge on any atom is 0.469 e. The molecule has 0 aromatic rings. The van der Waals surface area contributed by atoms with Crippen LogP contribution < -0.4 is 0 Å². The molecule has 0 amide bonds. The summed E-state index contributed by atoms with van der Waals surface area (Å²) in [5, 5.41) is 10.0. The van der Waals surface area contributed by atoms with Crippen LogP contribution in [0.2, 0.25) is 0 Å². The van der Waals surface area contributed by atoms with Gasteiger partial charge in [-0.3, -0.25) is 14.1 Å². The highest BCUT2D eigenvalue weighted by atomic mass is 31.2. The molecule has 0 spiro atoms. The van der Waals surface area contributed by atoms with Crippen molar-refractivity contribution in [2.45, 2.75) is 174 Å². The number of esters is 2. The van der Waals surface area contributed by atoms with E-state index in [1.165, 1.54) is 77.0 Å². The second-order valence-corrected chi connectivity index (χ2v) is 14.0. The summed E-state index contributed by atoms with van der Waals surface area (Å²) in [6.45, 7) is 3.52. The van der Waals surface area contributed by atoms with E-state index < -0.39 is 38.6 Å². The van der Waals surface area contributed by atoms with Crippen molar-refractivity contribution in [2.75, 3.05) is 13.2 Å². The van der Waals surface area contributed by atoms with E-state index in [9.17, 15) is 19.3 Å². The average Bonchev–Trinajstić information content (AvgIpc) is 3.06. The summed E-state index contributed by atoms with van der Waals surface area (Å²) in [7, 11) is -4.77. The lowest BCUT2D eigenvalue weighted by molar-refractivity contribution is -0.161. The van der Waals surface area contributed by atoms with Crippen molar-refractivity contribution in [2.24, 2.45) is 0 Å². The molecule has 9 nitrogen and oxygen atoms in total. The number of carbonyl (C=O) groups is 2. The Morgan fingerprint density at radius 1 is 0.633 bits per heavy atom. The van der Waals surface area contributed by atoms with Crippen LogP contribution in [0, 0.1) is 0 Å². The van der Waals surface area contributed by atoms with Gasteiger partial charge in [0.1, 0.15) is 6.61 Å². The minimum absolute atomic E-state index is 0.157. The molecule has 284 valence electrons. The first kappa shape index (κ1) is 47.0. The minimum Gasteiger partial charge on any atom is -0.462 e. The molecule has 2 atom stereocenters. The maximum absolute atomic E-state index is 12.3. The summed E-state index contributed by atoms with van der Waals surface area (Å²) in [4.78, 5) is 42.7. The zero-order chi connectivity index (χ0) is 36.3. The van der Waals surface area contributed by atoms with Crippen LogP contribution in [0.25, 0.3) is 0 Å². The molecule has 0 unspecified atom stereocenters. The number of aliphatic hydroxyl groups excluding tert-OH is 1. The number of hydrogen-bond acceptors (Lipinski definition) is 7. The smallest absolute Gasteiger partial charge is 0.462 e. The van der Waals surface area contributed by atoms with E-state index in [0.717, 1.165) is 32.1 Å². The number of carbonyl (C=O) groups excluding carboxylic acids is 2. The summed E-state index contributed by atoms with van der Waals surface area (Å²) < 4.78 is 26.2. The summed E-state index contributed by atoms with van der Waals surface area (Å²) in [5.41, 5.74) is 0. The first-order valence-corrected chi connectivity index (χ1v) is 20.6. The molecule has 0 aliphatic heterocycles. The summed E-state index contributed by atoms with van der Waals surface area (Å²) in [5.74, 6) is -0.992. The molecule has 0 aromatic carbocycles. The number of ether oxygens (including phenoxy) is 2. The van der Waals surface area contributed by atoms with Crippen LogP contribution in [0.3, 0.4) is 0 Å². The zero-order valence-electron chi connectivity index (χ0n) is 30.7. The second-order valence-electron chi connectivity index (χ2n) is 12.8. The van der Waals surface area contributed by atoms with Crippen LogP contribution in [-0.2, 0) is 28.2 Å². The van der Waals surface area contributed by atoms with Gasteiger partial charge in [-0.15, -0.1) is 0 Å². The van der Waals surface area contributed by atoms with E-state index in [-0.39, 0.29) is 19.4 Å². The fraction of sp³-hybridized carbons (Fsp3) is 0.744. The fourth-order valence-electron chi connectivity index (χ4n) is 5.03. The van der Waals surface area contributed by atoms with Crippen molar-refractivity contribution in [3.05, 3.63) is 48.6 Å². The molecule has 10 heteroatoms. The van der Waals surface area contributed by atoms with Gasteiger partial charge in [0, 0.05) is 12.8 Å². The Morgan fingerprint density at radius 2 is 1.18 bits per heavy atom. The Morgan fingerprint density at radius 3 is 1.82 bits per heavy atom. The van der Waals surface area contributed by atoms with Crippen LogP contribution >= 0.6 is 7.82 Å². The number of phosphoric ester groups is 1. The minimum atomic E-state index is -4.77. The van der Waals surface area contributed by atoms with Gasteiger partial charge < -0.3 is 24.4 Å². The normalized spacial score (nSPS) is 13.7. The van der Waals surface area contributed by atoms with Crippen LogP contribution in [-0.4, -0.2) is 52.3 Å². The van der Waals surface area contributed by atoms with E-state index in [1.54, 1.807) is 6.08 Å². The van der Waals surface area contributed by atoms with E-state index in [4.69, 9.17) is 19.3 Å². The highest BCUT2D eigenvalue weighted by Gasteiger charge is 2.22. The van der Waals surface area contributed by atoms with Gasteiger partial charge in [0.2, 0.25) is 0 Å². The molecule has 0 rings (SSSR count). The van der Waals surface area contributed by atoms with E-state index in [0.29, 0.717) is 25.7 Å². The Balaban J connectivity index is 4.13. The third-order valence-corrected chi connectivity index (χ3v) is 8.42. The SMILES string of the molecule is CCCCC/C=C\C=C/[C@@H](O)C/C=C\C/C=C/CCCC(=O)OC[C@H](COP(=O)(O)O)OC(=O)CCCCCCCCCCCCCCC. The van der Waals surface area contributed by atoms with E-state index in [1.807, 2.05) is 36.5 Å². The number of unbranched alkanes of at least 4 members (excludes halogenated alkanes) is 16. The Labute approximate surface area is 297 Å². The van der Waals surface area contributed by atoms with Crippen LogP contribution in [0.1, 0.15) is 162 Å². The molecule has 0 heterocycles. The Bertz CT molecular complexity index is 954. The van der Waals surface area contributed by atoms with Crippen LogP contribution in [0.5, 0.6) is 0 Å². The number of allylic oxidation sites excluding steroid dienone is 6. The summed E-state index contributed by atoms with van der Waals surface area (Å²) in [6, 6.07) is 0. The topological polar surface area (TPSA) is 140 Å². The van der Waals surface area contributed by atoms with Gasteiger partial charge in [0.15, 0.2) is 6.10 Å². The lowest BCUT2D eigenvalue weighted by Crippen LogP contribution is -2.29. The highest BCUT2D eigenvalue weighted by molar-refractivity contribution is 7.46. The Kier molecular flexibility index (Phi) is 33.0. The van der Waals surface area contributed by atoms with E-state index >= 15 is 0 Å². The average molecular weight is 713 g/mol. The van der Waals surface area contributed by atoms with Crippen molar-refractivity contribution < 1.29 is 43.0 Å². The quantitative estimate of drug-likeness (QED) is 0.0195. The van der Waals surface area contributed by atoms with Gasteiger partial charge in [-0.05, 0) is 44.9 Å². The molecule has 0 aliphatic carbocycles. The molecular weight excluding hydrogens is 643 g/mol. The summed E-state index contributed by atoms with van der Waals surface area (Å²) >= 11 is 0. The predicted octanol–water partition coefficient (Wildman–Crippen LogP) is 10.1. The standard InChI is InChI=1S/C39H69O9P/c1-3-5-7-9-11-12-13-14-15-16-20-25-29-33-39(42)48-37(35-47-49(43,44)45)34-46-38(41)32-28-24-21-17-19-23-27-31-36(40)30-26-22-18-10-8-6-4-2/h17-18,21-23,26-27,30,36-37,40H,3-16,19-20,24-25,28-29,31-35H2,1-2H3,(H2,43,44,45)/b21-17+,22-18-,27-23-,30-26-/t36-,37-/m1/s1. The Hall–Kier alpha value is -2.03. The molecular formula is C39H69O9P. The monoisotopic (exact) mass is 712 g/mol. The van der Waals surface area contributed by atoms with Gasteiger partial charge >= 0.3 is 19.8 Å². The number of rotatable bonds is 34. The zero-order valence-corrected chi connectivity index (χ0v) is 31.6. The molecule has 0 fully saturated rings. The van der Waals surface area contributed by atoms with Crippen molar-refractivity contribution in [1.29, 1.82) is 0 Å².